The third-order valence-corrected chi connectivity index (χ3v) is 4.26. The number of ether oxygens (including phenoxy) is 1. The Labute approximate surface area is 130 Å². The number of nitriles is 1. The van der Waals surface area contributed by atoms with Crippen molar-refractivity contribution < 1.29 is 13.5 Å². The average molecular weight is 308 g/mol. The Morgan fingerprint density at radius 3 is 2.45 bits per heavy atom. The van der Waals surface area contributed by atoms with Crippen molar-refractivity contribution in [2.45, 2.75) is 32.2 Å². The van der Waals surface area contributed by atoms with Gasteiger partial charge in [0.25, 0.3) is 0 Å². The van der Waals surface area contributed by atoms with Gasteiger partial charge in [-0.1, -0.05) is 0 Å². The zero-order valence-electron chi connectivity index (χ0n) is 12.9. The van der Waals surface area contributed by atoms with Gasteiger partial charge >= 0.3 is 0 Å². The van der Waals surface area contributed by atoms with E-state index in [0.717, 1.165) is 38.3 Å². The Balaban J connectivity index is 1.80. The molecule has 5 heteroatoms. The van der Waals surface area contributed by atoms with Crippen molar-refractivity contribution in [3.8, 4) is 6.07 Å². The normalized spacial score (nSPS) is 17.4. The van der Waals surface area contributed by atoms with Crippen molar-refractivity contribution >= 4 is 0 Å². The Bertz CT molecular complexity index is 516. The van der Waals surface area contributed by atoms with Crippen molar-refractivity contribution in [3.63, 3.8) is 0 Å². The number of hydrogen-bond acceptors (Lipinski definition) is 3. The van der Waals surface area contributed by atoms with Crippen LogP contribution in [0.3, 0.4) is 0 Å². The van der Waals surface area contributed by atoms with E-state index in [2.05, 4.69) is 6.07 Å². The molecule has 1 saturated heterocycles. The highest BCUT2D eigenvalue weighted by Gasteiger charge is 2.31. The first kappa shape index (κ1) is 16.9. The third-order valence-electron chi connectivity index (χ3n) is 4.26. The van der Waals surface area contributed by atoms with Gasteiger partial charge in [0.15, 0.2) is 0 Å². The van der Waals surface area contributed by atoms with Gasteiger partial charge in [-0.25, -0.2) is 8.78 Å². The molecular formula is C17H22F2N2O. The van der Waals surface area contributed by atoms with Gasteiger partial charge in [-0.15, -0.1) is 0 Å². The van der Waals surface area contributed by atoms with Crippen molar-refractivity contribution in [2.75, 3.05) is 26.8 Å². The van der Waals surface area contributed by atoms with E-state index in [0.29, 0.717) is 25.3 Å². The van der Waals surface area contributed by atoms with E-state index in [1.54, 1.807) is 0 Å². The zero-order chi connectivity index (χ0) is 16.0. The molecule has 0 unspecified atom stereocenters. The first-order chi connectivity index (χ1) is 10.5. The third kappa shape index (κ3) is 4.75. The molecule has 0 amide bonds. The fourth-order valence-electron chi connectivity index (χ4n) is 2.96. The predicted molar refractivity (Wildman–Crippen MR) is 80.0 cm³/mol. The van der Waals surface area contributed by atoms with Gasteiger partial charge in [-0.05, 0) is 57.0 Å². The van der Waals surface area contributed by atoms with E-state index in [1.165, 1.54) is 12.1 Å². The number of hydrogen-bond donors (Lipinski definition) is 0. The highest BCUT2D eigenvalue weighted by atomic mass is 19.1. The largest absolute Gasteiger partial charge is 0.381 e. The molecule has 22 heavy (non-hydrogen) atoms. The van der Waals surface area contributed by atoms with E-state index in [1.807, 2.05) is 11.9 Å². The summed E-state index contributed by atoms with van der Waals surface area (Å²) in [5.74, 6) is -1.09. The molecule has 0 aliphatic carbocycles. The van der Waals surface area contributed by atoms with Gasteiger partial charge in [0.1, 0.15) is 11.6 Å². The van der Waals surface area contributed by atoms with E-state index in [-0.39, 0.29) is 5.41 Å². The Kier molecular flexibility index (Phi) is 5.87. The lowest BCUT2D eigenvalue weighted by Crippen LogP contribution is -2.29. The first-order valence-electron chi connectivity index (χ1n) is 7.65. The molecule has 3 nitrogen and oxygen atoms in total. The lowest BCUT2D eigenvalue weighted by molar-refractivity contribution is 0.0351. The first-order valence-corrected chi connectivity index (χ1v) is 7.65. The van der Waals surface area contributed by atoms with Crippen LogP contribution < -0.4 is 0 Å². The second kappa shape index (κ2) is 7.66. The Morgan fingerprint density at radius 2 is 1.86 bits per heavy atom. The van der Waals surface area contributed by atoms with Gasteiger partial charge in [0.05, 0.1) is 11.5 Å². The van der Waals surface area contributed by atoms with E-state index < -0.39 is 11.6 Å². The molecule has 0 saturated carbocycles. The summed E-state index contributed by atoms with van der Waals surface area (Å²) in [5, 5.41) is 9.40. The standard InChI is InChI=1S/C17H22F2N2O/c1-21(12-14-9-15(18)11-16(19)10-14)6-2-3-17(13-20)4-7-22-8-5-17/h9-11H,2-8,12H2,1H3. The van der Waals surface area contributed by atoms with Crippen molar-refractivity contribution in [1.29, 1.82) is 5.26 Å². The van der Waals surface area contributed by atoms with Gasteiger partial charge in [-0.2, -0.15) is 5.26 Å². The van der Waals surface area contributed by atoms with Crippen LogP contribution in [0.2, 0.25) is 0 Å². The fraction of sp³-hybridized carbons (Fsp3) is 0.588. The van der Waals surface area contributed by atoms with Crippen LogP contribution in [0.1, 0.15) is 31.2 Å². The molecule has 0 aromatic heterocycles. The number of rotatable bonds is 6. The second-order valence-electron chi connectivity index (χ2n) is 6.12. The van der Waals surface area contributed by atoms with Crippen LogP contribution in [0.25, 0.3) is 0 Å². The molecule has 0 radical (unpaired) electrons. The SMILES string of the molecule is CN(CCCC1(C#N)CCOCC1)Cc1cc(F)cc(F)c1. The molecule has 0 N–H and O–H groups in total. The van der Waals surface area contributed by atoms with E-state index in [4.69, 9.17) is 4.74 Å². The molecular weight excluding hydrogens is 286 g/mol. The minimum atomic E-state index is -0.547. The van der Waals surface area contributed by atoms with Crippen LogP contribution in [-0.2, 0) is 11.3 Å². The maximum absolute atomic E-state index is 13.2. The van der Waals surface area contributed by atoms with Gasteiger partial charge < -0.3 is 9.64 Å². The van der Waals surface area contributed by atoms with E-state index in [9.17, 15) is 14.0 Å². The molecule has 120 valence electrons. The van der Waals surface area contributed by atoms with Crippen molar-refractivity contribution in [1.82, 2.24) is 4.90 Å². The van der Waals surface area contributed by atoms with Crippen molar-refractivity contribution in [3.05, 3.63) is 35.4 Å². The molecule has 1 heterocycles. The average Bonchev–Trinajstić information content (AvgIpc) is 2.47. The molecule has 0 spiro atoms. The van der Waals surface area contributed by atoms with E-state index >= 15 is 0 Å². The van der Waals surface area contributed by atoms with Gasteiger partial charge in [-0.3, -0.25) is 0 Å². The quantitative estimate of drug-likeness (QED) is 0.807. The summed E-state index contributed by atoms with van der Waals surface area (Å²) in [7, 11) is 1.92. The number of benzene rings is 1. The van der Waals surface area contributed by atoms with Crippen LogP contribution in [0.5, 0.6) is 0 Å². The molecule has 2 rings (SSSR count). The lowest BCUT2D eigenvalue weighted by Gasteiger charge is -2.31. The zero-order valence-corrected chi connectivity index (χ0v) is 12.9. The molecule has 1 aromatic rings. The highest BCUT2D eigenvalue weighted by molar-refractivity contribution is 5.17. The maximum atomic E-state index is 13.2. The lowest BCUT2D eigenvalue weighted by atomic mass is 9.78. The summed E-state index contributed by atoms with van der Waals surface area (Å²) in [4.78, 5) is 2.03. The summed E-state index contributed by atoms with van der Waals surface area (Å²) in [6, 6.07) is 6.05. The van der Waals surface area contributed by atoms with Crippen LogP contribution in [-0.4, -0.2) is 31.7 Å². The number of nitrogens with zero attached hydrogens (tertiary/aromatic N) is 2. The molecule has 0 atom stereocenters. The molecule has 0 bridgehead atoms. The second-order valence-corrected chi connectivity index (χ2v) is 6.12. The molecule has 1 aromatic carbocycles. The number of halogens is 2. The molecule has 1 aliphatic rings. The van der Waals surface area contributed by atoms with Crippen LogP contribution in [0.15, 0.2) is 18.2 Å². The fourth-order valence-corrected chi connectivity index (χ4v) is 2.96. The molecule has 1 fully saturated rings. The summed E-state index contributed by atoms with van der Waals surface area (Å²) in [6.07, 6.45) is 3.32. The minimum Gasteiger partial charge on any atom is -0.381 e. The predicted octanol–water partition coefficient (Wildman–Crippen LogP) is 3.50. The van der Waals surface area contributed by atoms with Crippen LogP contribution >= 0.6 is 0 Å². The van der Waals surface area contributed by atoms with Gasteiger partial charge in [0, 0.05) is 25.8 Å². The summed E-state index contributed by atoms with van der Waals surface area (Å²) in [6.45, 7) is 2.61. The van der Waals surface area contributed by atoms with Crippen LogP contribution in [0.4, 0.5) is 8.78 Å². The summed E-state index contributed by atoms with van der Waals surface area (Å²) >= 11 is 0. The monoisotopic (exact) mass is 308 g/mol. The Morgan fingerprint density at radius 1 is 1.23 bits per heavy atom. The topological polar surface area (TPSA) is 36.3 Å². The van der Waals surface area contributed by atoms with Crippen LogP contribution in [0, 0.1) is 28.4 Å². The minimum absolute atomic E-state index is 0.260. The Hall–Kier alpha value is -1.51. The smallest absolute Gasteiger partial charge is 0.126 e. The molecule has 1 aliphatic heterocycles. The highest BCUT2D eigenvalue weighted by Crippen LogP contribution is 2.34. The van der Waals surface area contributed by atoms with Crippen molar-refractivity contribution in [2.24, 2.45) is 5.41 Å². The summed E-state index contributed by atoms with van der Waals surface area (Å²) < 4.78 is 31.6. The van der Waals surface area contributed by atoms with Gasteiger partial charge in [0.2, 0.25) is 0 Å². The summed E-state index contributed by atoms with van der Waals surface area (Å²) in [5.41, 5.74) is 0.366. The maximum Gasteiger partial charge on any atom is 0.126 e.